The Balaban J connectivity index is 1.89. The van der Waals surface area contributed by atoms with Gasteiger partial charge in [0.15, 0.2) is 0 Å². The fourth-order valence-corrected chi connectivity index (χ4v) is 4.23. The number of imide groups is 1. The highest BCUT2D eigenvalue weighted by atomic mass is 35.5. The number of carbonyl (C=O) groups is 2. The molecule has 2 aromatic rings. The predicted octanol–water partition coefficient (Wildman–Crippen LogP) is 4.23. The monoisotopic (exact) mass is 430 g/mol. The number of amides is 2. The van der Waals surface area contributed by atoms with Gasteiger partial charge in [-0.1, -0.05) is 41.4 Å². The minimum Gasteiger partial charge on any atom is -0.378 e. The molecule has 1 saturated heterocycles. The first-order valence-electron chi connectivity index (χ1n) is 9.37. The molecule has 0 saturated carbocycles. The molecule has 2 aliphatic heterocycles. The number of hydrogen-bond acceptors (Lipinski definition) is 4. The van der Waals surface area contributed by atoms with Gasteiger partial charge in [0, 0.05) is 23.7 Å². The molecular weight excluding hydrogens is 411 g/mol. The normalized spacial score (nSPS) is 17.5. The van der Waals surface area contributed by atoms with Gasteiger partial charge in [0.2, 0.25) is 0 Å². The van der Waals surface area contributed by atoms with Crippen molar-refractivity contribution in [3.63, 3.8) is 0 Å². The molecule has 0 aromatic heterocycles. The van der Waals surface area contributed by atoms with Gasteiger partial charge < -0.3 is 9.64 Å². The van der Waals surface area contributed by atoms with Gasteiger partial charge in [-0.15, -0.1) is 0 Å². The molecular formula is C22H20Cl2N2O3. The summed E-state index contributed by atoms with van der Waals surface area (Å²) in [5.74, 6) is -0.721. The summed E-state index contributed by atoms with van der Waals surface area (Å²) in [6.45, 7) is 5.92. The van der Waals surface area contributed by atoms with Crippen molar-refractivity contribution in [3.8, 4) is 0 Å². The molecule has 2 amide bonds. The smallest absolute Gasteiger partial charge is 0.282 e. The second kappa shape index (κ2) is 7.82. The molecule has 7 heteroatoms. The molecule has 29 heavy (non-hydrogen) atoms. The van der Waals surface area contributed by atoms with Crippen LogP contribution in [0.15, 0.2) is 42.1 Å². The van der Waals surface area contributed by atoms with Crippen LogP contribution in [0.1, 0.15) is 16.7 Å². The maximum absolute atomic E-state index is 13.6. The van der Waals surface area contributed by atoms with Crippen LogP contribution in [0.3, 0.4) is 0 Å². The molecule has 0 unspecified atom stereocenters. The zero-order valence-corrected chi connectivity index (χ0v) is 17.7. The average molecular weight is 431 g/mol. The van der Waals surface area contributed by atoms with Crippen LogP contribution in [0.2, 0.25) is 10.0 Å². The lowest BCUT2D eigenvalue weighted by atomic mass is 10.0. The first-order valence-corrected chi connectivity index (χ1v) is 10.1. The summed E-state index contributed by atoms with van der Waals surface area (Å²) in [4.78, 5) is 30.3. The van der Waals surface area contributed by atoms with Gasteiger partial charge in [-0.05, 0) is 43.2 Å². The first-order chi connectivity index (χ1) is 13.9. The molecule has 0 atom stereocenters. The lowest BCUT2D eigenvalue weighted by Gasteiger charge is -2.30. The molecule has 0 bridgehead atoms. The Morgan fingerprint density at radius 1 is 0.966 bits per heavy atom. The molecule has 2 aromatic carbocycles. The summed E-state index contributed by atoms with van der Waals surface area (Å²) in [6.07, 6.45) is 0. The largest absolute Gasteiger partial charge is 0.378 e. The van der Waals surface area contributed by atoms with Crippen LogP contribution in [-0.4, -0.2) is 43.0 Å². The molecule has 5 nitrogen and oxygen atoms in total. The number of morpholine rings is 1. The van der Waals surface area contributed by atoms with E-state index in [9.17, 15) is 9.59 Å². The van der Waals surface area contributed by atoms with Crippen molar-refractivity contribution >= 4 is 46.3 Å². The molecule has 0 spiro atoms. The molecule has 1 fully saturated rings. The Labute approximate surface area is 179 Å². The number of nitrogens with zero attached hydrogens (tertiary/aromatic N) is 2. The van der Waals surface area contributed by atoms with E-state index in [0.29, 0.717) is 58.9 Å². The van der Waals surface area contributed by atoms with Crippen LogP contribution in [-0.2, 0) is 14.3 Å². The lowest BCUT2D eigenvalue weighted by Crippen LogP contribution is -2.40. The number of anilines is 1. The van der Waals surface area contributed by atoms with Crippen LogP contribution in [0.25, 0.3) is 5.57 Å². The predicted molar refractivity (Wildman–Crippen MR) is 114 cm³/mol. The quantitative estimate of drug-likeness (QED) is 0.683. The molecule has 0 N–H and O–H groups in total. The number of aryl methyl sites for hydroxylation is 1. The van der Waals surface area contributed by atoms with E-state index in [0.717, 1.165) is 11.1 Å². The van der Waals surface area contributed by atoms with Crippen LogP contribution >= 0.6 is 23.2 Å². The Morgan fingerprint density at radius 3 is 2.38 bits per heavy atom. The third-order valence-electron chi connectivity index (χ3n) is 5.40. The zero-order chi connectivity index (χ0) is 20.7. The zero-order valence-electron chi connectivity index (χ0n) is 16.2. The van der Waals surface area contributed by atoms with Crippen LogP contribution in [0.5, 0.6) is 0 Å². The standard InChI is InChI=1S/C22H20Cl2N2O3/c1-13-4-3-5-18(14(13)2)26-21(27)19(16-7-6-15(23)12-17(16)24)20(22(26)28)25-8-10-29-11-9-25/h3-7,12H,8-11H2,1-2H3. The van der Waals surface area contributed by atoms with Crippen LogP contribution in [0, 0.1) is 13.8 Å². The van der Waals surface area contributed by atoms with Crippen molar-refractivity contribution < 1.29 is 14.3 Å². The van der Waals surface area contributed by atoms with E-state index in [1.165, 1.54) is 4.90 Å². The Kier molecular flexibility index (Phi) is 5.38. The number of halogens is 2. The van der Waals surface area contributed by atoms with Gasteiger partial charge in [-0.2, -0.15) is 0 Å². The van der Waals surface area contributed by atoms with Gasteiger partial charge in [-0.3, -0.25) is 9.59 Å². The van der Waals surface area contributed by atoms with Crippen molar-refractivity contribution in [3.05, 3.63) is 68.8 Å². The molecule has 4 rings (SSSR count). The highest BCUT2D eigenvalue weighted by Gasteiger charge is 2.43. The molecule has 0 radical (unpaired) electrons. The van der Waals surface area contributed by atoms with Gasteiger partial charge in [0.1, 0.15) is 5.70 Å². The van der Waals surface area contributed by atoms with Crippen LogP contribution < -0.4 is 4.90 Å². The summed E-state index contributed by atoms with van der Waals surface area (Å²) in [6, 6.07) is 10.5. The van der Waals surface area contributed by atoms with Gasteiger partial charge >= 0.3 is 0 Å². The number of hydrogen-bond donors (Lipinski definition) is 0. The van der Waals surface area contributed by atoms with E-state index >= 15 is 0 Å². The van der Waals surface area contributed by atoms with E-state index in [2.05, 4.69) is 0 Å². The maximum atomic E-state index is 13.6. The van der Waals surface area contributed by atoms with E-state index in [4.69, 9.17) is 27.9 Å². The molecule has 150 valence electrons. The third kappa shape index (κ3) is 3.44. The van der Waals surface area contributed by atoms with Crippen molar-refractivity contribution in [2.45, 2.75) is 13.8 Å². The average Bonchev–Trinajstić information content (AvgIpc) is 2.95. The number of benzene rings is 2. The maximum Gasteiger partial charge on any atom is 0.282 e. The Morgan fingerprint density at radius 2 is 1.69 bits per heavy atom. The fraction of sp³-hybridized carbons (Fsp3) is 0.273. The van der Waals surface area contributed by atoms with Gasteiger partial charge in [-0.25, -0.2) is 4.90 Å². The third-order valence-corrected chi connectivity index (χ3v) is 5.95. The van der Waals surface area contributed by atoms with Crippen molar-refractivity contribution in [2.75, 3.05) is 31.2 Å². The number of ether oxygens (including phenoxy) is 1. The Hall–Kier alpha value is -2.34. The molecule has 2 aliphatic rings. The van der Waals surface area contributed by atoms with Gasteiger partial charge in [0.25, 0.3) is 11.8 Å². The summed E-state index contributed by atoms with van der Waals surface area (Å²) >= 11 is 12.5. The van der Waals surface area contributed by atoms with Crippen LogP contribution in [0.4, 0.5) is 5.69 Å². The van der Waals surface area contributed by atoms with Crippen molar-refractivity contribution in [1.82, 2.24) is 4.90 Å². The van der Waals surface area contributed by atoms with Crippen molar-refractivity contribution in [1.29, 1.82) is 0 Å². The SMILES string of the molecule is Cc1cccc(N2C(=O)C(c3ccc(Cl)cc3Cl)=C(N3CCOCC3)C2=O)c1C. The topological polar surface area (TPSA) is 49.9 Å². The lowest BCUT2D eigenvalue weighted by molar-refractivity contribution is -0.121. The minimum absolute atomic E-state index is 0.305. The summed E-state index contributed by atoms with van der Waals surface area (Å²) in [7, 11) is 0. The van der Waals surface area contributed by atoms with Crippen molar-refractivity contribution in [2.24, 2.45) is 0 Å². The minimum atomic E-state index is -0.380. The van der Waals surface area contributed by atoms with Gasteiger partial charge in [0.05, 0.1) is 29.5 Å². The highest BCUT2D eigenvalue weighted by molar-refractivity contribution is 6.47. The summed E-state index contributed by atoms with van der Waals surface area (Å²) < 4.78 is 5.43. The number of rotatable bonds is 3. The molecule has 2 heterocycles. The number of carbonyl (C=O) groups excluding carboxylic acids is 2. The van der Waals surface area contributed by atoms with E-state index in [1.807, 2.05) is 30.9 Å². The second-order valence-electron chi connectivity index (χ2n) is 7.11. The second-order valence-corrected chi connectivity index (χ2v) is 7.96. The van der Waals surface area contributed by atoms with E-state index < -0.39 is 0 Å². The summed E-state index contributed by atoms with van der Waals surface area (Å²) in [5, 5.41) is 0.803. The summed E-state index contributed by atoms with van der Waals surface area (Å²) in [5.41, 5.74) is 3.66. The first kappa shape index (κ1) is 20.0. The molecule has 0 aliphatic carbocycles. The fourth-order valence-electron chi connectivity index (χ4n) is 3.73. The van der Waals surface area contributed by atoms with E-state index in [1.54, 1.807) is 24.3 Å². The Bertz CT molecular complexity index is 1040. The van der Waals surface area contributed by atoms with E-state index in [-0.39, 0.29) is 11.8 Å². The highest BCUT2D eigenvalue weighted by Crippen LogP contribution is 2.39.